The van der Waals surface area contributed by atoms with Gasteiger partial charge in [0, 0.05) is 25.7 Å². The fourth-order valence-electron chi connectivity index (χ4n) is 2.67. The van der Waals surface area contributed by atoms with E-state index in [1.807, 2.05) is 13.8 Å². The topological polar surface area (TPSA) is 114 Å². The van der Waals surface area contributed by atoms with Gasteiger partial charge in [-0.3, -0.25) is 4.79 Å². The average molecular weight is 472 g/mol. The number of carbonyl (C=O) groups is 1. The van der Waals surface area contributed by atoms with Gasteiger partial charge in [-0.1, -0.05) is 35.2 Å². The molecule has 2 N–H and O–H groups in total. The Balaban J connectivity index is 1.46. The molecular formula is C18H25N5O4S3. The van der Waals surface area contributed by atoms with Crippen LogP contribution < -0.4 is 10.6 Å². The summed E-state index contributed by atoms with van der Waals surface area (Å²) in [5, 5.41) is 14.8. The van der Waals surface area contributed by atoms with Gasteiger partial charge in [-0.2, -0.15) is 4.31 Å². The van der Waals surface area contributed by atoms with Crippen LogP contribution in [0.2, 0.25) is 0 Å². The summed E-state index contributed by atoms with van der Waals surface area (Å²) >= 11 is 2.75. The van der Waals surface area contributed by atoms with E-state index in [9.17, 15) is 13.2 Å². The Bertz CT molecular complexity index is 941. The molecule has 0 aliphatic carbocycles. The van der Waals surface area contributed by atoms with Gasteiger partial charge in [0.25, 0.3) is 0 Å². The quantitative estimate of drug-likeness (QED) is 0.532. The number of morpholine rings is 1. The lowest BCUT2D eigenvalue weighted by Gasteiger charge is -2.26. The minimum Gasteiger partial charge on any atom is -0.379 e. The molecule has 0 radical (unpaired) electrons. The fraction of sp³-hybridized carbons (Fsp3) is 0.500. The molecule has 3 rings (SSSR count). The van der Waals surface area contributed by atoms with Gasteiger partial charge in [-0.05, 0) is 31.5 Å². The molecule has 1 amide bonds. The van der Waals surface area contributed by atoms with E-state index in [-0.39, 0.29) is 22.6 Å². The number of carbonyl (C=O) groups excluding carboxylic acids is 1. The highest BCUT2D eigenvalue weighted by atomic mass is 32.2. The van der Waals surface area contributed by atoms with Crippen LogP contribution in [0.5, 0.6) is 0 Å². The number of nitrogens with one attached hydrogen (secondary N) is 2. The molecule has 2 heterocycles. The number of sulfonamides is 1. The number of hydrogen-bond donors (Lipinski definition) is 2. The Kier molecular flexibility index (Phi) is 8.06. The first-order valence-corrected chi connectivity index (χ1v) is 12.7. The molecule has 1 aliphatic rings. The van der Waals surface area contributed by atoms with E-state index in [1.165, 1.54) is 27.4 Å². The van der Waals surface area contributed by atoms with Crippen LogP contribution in [0.4, 0.5) is 5.13 Å². The molecule has 0 atom stereocenters. The van der Waals surface area contributed by atoms with Crippen molar-refractivity contribution in [2.75, 3.05) is 37.4 Å². The second kappa shape index (κ2) is 10.5. The highest BCUT2D eigenvalue weighted by molar-refractivity contribution is 8.01. The zero-order valence-corrected chi connectivity index (χ0v) is 19.3. The lowest BCUT2D eigenvalue weighted by atomic mass is 10.2. The first-order valence-electron chi connectivity index (χ1n) is 9.51. The van der Waals surface area contributed by atoms with Crippen molar-refractivity contribution < 1.29 is 17.9 Å². The number of aromatic nitrogens is 2. The van der Waals surface area contributed by atoms with E-state index in [1.54, 1.807) is 24.3 Å². The largest absolute Gasteiger partial charge is 0.379 e. The number of rotatable bonds is 9. The van der Waals surface area contributed by atoms with Gasteiger partial charge in [-0.15, -0.1) is 10.2 Å². The summed E-state index contributed by atoms with van der Waals surface area (Å²) in [4.78, 5) is 12.3. The van der Waals surface area contributed by atoms with Crippen molar-refractivity contribution >= 4 is 44.2 Å². The Morgan fingerprint density at radius 2 is 1.93 bits per heavy atom. The van der Waals surface area contributed by atoms with Crippen molar-refractivity contribution in [3.63, 3.8) is 0 Å². The minimum absolute atomic E-state index is 0.126. The number of amides is 1. The monoisotopic (exact) mass is 471 g/mol. The van der Waals surface area contributed by atoms with E-state index < -0.39 is 10.0 Å². The molecule has 30 heavy (non-hydrogen) atoms. The molecule has 2 aromatic rings. The lowest BCUT2D eigenvalue weighted by molar-refractivity contribution is -0.118. The molecule has 0 bridgehead atoms. The second-order valence-electron chi connectivity index (χ2n) is 6.90. The zero-order chi connectivity index (χ0) is 21.6. The summed E-state index contributed by atoms with van der Waals surface area (Å²) in [5.41, 5.74) is 0.827. The standard InChI is InChI=1S/C18H25N5O4S3/c1-13(2)20-17-21-22-18(29-17)28-12-16(24)19-11-14-3-5-15(6-4-14)30(25,26)23-7-9-27-10-8-23/h3-6,13H,7-12H2,1-2H3,(H,19,24)(H,20,21). The van der Waals surface area contributed by atoms with Gasteiger partial charge in [0.15, 0.2) is 4.34 Å². The van der Waals surface area contributed by atoms with Crippen LogP contribution in [0.25, 0.3) is 0 Å². The van der Waals surface area contributed by atoms with Crippen LogP contribution in [0, 0.1) is 0 Å². The highest BCUT2D eigenvalue weighted by Crippen LogP contribution is 2.25. The van der Waals surface area contributed by atoms with Gasteiger partial charge >= 0.3 is 0 Å². The van der Waals surface area contributed by atoms with Crippen LogP contribution in [0.1, 0.15) is 19.4 Å². The summed E-state index contributed by atoms with van der Waals surface area (Å²) in [6, 6.07) is 6.86. The third-order valence-corrected chi connectivity index (χ3v) is 8.07. The van der Waals surface area contributed by atoms with E-state index in [0.29, 0.717) is 32.8 Å². The van der Waals surface area contributed by atoms with Gasteiger partial charge in [-0.25, -0.2) is 8.42 Å². The van der Waals surface area contributed by atoms with E-state index in [2.05, 4.69) is 20.8 Å². The summed E-state index contributed by atoms with van der Waals surface area (Å²) < 4.78 is 32.6. The average Bonchev–Trinajstić information content (AvgIpc) is 3.18. The Morgan fingerprint density at radius 3 is 2.60 bits per heavy atom. The van der Waals surface area contributed by atoms with Crippen LogP contribution >= 0.6 is 23.1 Å². The van der Waals surface area contributed by atoms with E-state index in [4.69, 9.17) is 4.74 Å². The van der Waals surface area contributed by atoms with Crippen LogP contribution in [0.3, 0.4) is 0 Å². The number of anilines is 1. The first-order chi connectivity index (χ1) is 14.3. The molecule has 1 aliphatic heterocycles. The van der Waals surface area contributed by atoms with Crippen LogP contribution in [-0.4, -0.2) is 66.9 Å². The number of hydrogen-bond acceptors (Lipinski definition) is 9. The van der Waals surface area contributed by atoms with Gasteiger partial charge in [0.05, 0.1) is 23.9 Å². The Morgan fingerprint density at radius 1 is 1.23 bits per heavy atom. The molecule has 0 saturated carbocycles. The van der Waals surface area contributed by atoms with Crippen LogP contribution in [-0.2, 0) is 26.1 Å². The third-order valence-electron chi connectivity index (χ3n) is 4.17. The molecule has 0 unspecified atom stereocenters. The summed E-state index contributed by atoms with van der Waals surface area (Å²) in [7, 11) is -3.51. The summed E-state index contributed by atoms with van der Waals surface area (Å²) in [6.07, 6.45) is 0. The summed E-state index contributed by atoms with van der Waals surface area (Å²) in [6.45, 7) is 5.91. The van der Waals surface area contributed by atoms with Gasteiger partial charge in [0.1, 0.15) is 0 Å². The predicted molar refractivity (Wildman–Crippen MR) is 117 cm³/mol. The molecule has 1 fully saturated rings. The molecule has 9 nitrogen and oxygen atoms in total. The number of nitrogens with zero attached hydrogens (tertiary/aromatic N) is 3. The number of benzene rings is 1. The zero-order valence-electron chi connectivity index (χ0n) is 16.8. The number of ether oxygens (including phenoxy) is 1. The SMILES string of the molecule is CC(C)Nc1nnc(SCC(=O)NCc2ccc(S(=O)(=O)N3CCOCC3)cc2)s1. The van der Waals surface area contributed by atoms with Gasteiger partial charge in [0.2, 0.25) is 21.1 Å². The molecule has 1 saturated heterocycles. The normalized spacial score (nSPS) is 15.3. The molecule has 0 spiro atoms. The van der Waals surface area contributed by atoms with Crippen molar-refractivity contribution in [2.24, 2.45) is 0 Å². The van der Waals surface area contributed by atoms with E-state index >= 15 is 0 Å². The molecule has 1 aromatic heterocycles. The Labute approximate surface area is 184 Å². The minimum atomic E-state index is -3.51. The maximum absolute atomic E-state index is 12.6. The fourth-order valence-corrected chi connectivity index (χ4v) is 5.80. The Hall–Kier alpha value is -1.73. The summed E-state index contributed by atoms with van der Waals surface area (Å²) in [5.74, 6) is 0.110. The third kappa shape index (κ3) is 6.38. The smallest absolute Gasteiger partial charge is 0.243 e. The first kappa shape index (κ1) is 22.9. The molecular weight excluding hydrogens is 446 g/mol. The predicted octanol–water partition coefficient (Wildman–Crippen LogP) is 1.79. The maximum atomic E-state index is 12.6. The van der Waals surface area contributed by atoms with Gasteiger partial charge < -0.3 is 15.4 Å². The van der Waals surface area contributed by atoms with Crippen molar-refractivity contribution in [1.29, 1.82) is 0 Å². The van der Waals surface area contributed by atoms with Crippen molar-refractivity contribution in [2.45, 2.75) is 35.7 Å². The van der Waals surface area contributed by atoms with Crippen LogP contribution in [0.15, 0.2) is 33.5 Å². The van der Waals surface area contributed by atoms with Crippen molar-refractivity contribution in [1.82, 2.24) is 19.8 Å². The molecule has 1 aromatic carbocycles. The maximum Gasteiger partial charge on any atom is 0.243 e. The van der Waals surface area contributed by atoms with Crippen molar-refractivity contribution in [3.8, 4) is 0 Å². The van der Waals surface area contributed by atoms with E-state index in [0.717, 1.165) is 15.0 Å². The van der Waals surface area contributed by atoms with Crippen molar-refractivity contribution in [3.05, 3.63) is 29.8 Å². The molecule has 12 heteroatoms. The highest BCUT2D eigenvalue weighted by Gasteiger charge is 2.26. The number of thioether (sulfide) groups is 1. The molecule has 164 valence electrons. The second-order valence-corrected chi connectivity index (χ2v) is 11.0. The lowest BCUT2D eigenvalue weighted by Crippen LogP contribution is -2.40.